The molecule has 2 heterocycles. The van der Waals surface area contributed by atoms with Crippen molar-refractivity contribution >= 4 is 11.7 Å². The summed E-state index contributed by atoms with van der Waals surface area (Å²) in [7, 11) is 3.91. The van der Waals surface area contributed by atoms with E-state index in [1.807, 2.05) is 31.1 Å². The Balaban J connectivity index is 1.81. The van der Waals surface area contributed by atoms with Crippen molar-refractivity contribution in [2.45, 2.75) is 46.1 Å². The van der Waals surface area contributed by atoms with E-state index in [1.165, 1.54) is 6.42 Å². The van der Waals surface area contributed by atoms with Gasteiger partial charge in [-0.05, 0) is 42.2 Å². The topological polar surface area (TPSA) is 36.4 Å². The van der Waals surface area contributed by atoms with Crippen LogP contribution in [0.15, 0.2) is 18.3 Å². The molecule has 4 heteroatoms. The van der Waals surface area contributed by atoms with Gasteiger partial charge in [0.2, 0.25) is 0 Å². The number of hydrogen-bond acceptors (Lipinski definition) is 3. The van der Waals surface area contributed by atoms with Gasteiger partial charge in [0, 0.05) is 32.9 Å². The number of rotatable bonds is 2. The maximum Gasteiger partial charge on any atom is 0.255 e. The van der Waals surface area contributed by atoms with Crippen LogP contribution in [-0.2, 0) is 0 Å². The highest BCUT2D eigenvalue weighted by Gasteiger charge is 2.51. The predicted octanol–water partition coefficient (Wildman–Crippen LogP) is 3.19. The molecule has 2 bridgehead atoms. The molecule has 1 aromatic rings. The zero-order valence-electron chi connectivity index (χ0n) is 14.4. The zero-order valence-corrected chi connectivity index (χ0v) is 14.4. The second-order valence-electron chi connectivity index (χ2n) is 8.45. The average Bonchev–Trinajstić information content (AvgIpc) is 2.67. The van der Waals surface area contributed by atoms with E-state index < -0.39 is 0 Å². The van der Waals surface area contributed by atoms with E-state index in [1.54, 1.807) is 6.20 Å². The van der Waals surface area contributed by atoms with Crippen LogP contribution in [0.3, 0.4) is 0 Å². The highest BCUT2D eigenvalue weighted by Crippen LogP contribution is 2.52. The molecule has 2 aliphatic rings. The molecule has 2 unspecified atom stereocenters. The van der Waals surface area contributed by atoms with E-state index in [4.69, 9.17) is 0 Å². The van der Waals surface area contributed by atoms with E-state index >= 15 is 0 Å². The van der Waals surface area contributed by atoms with Gasteiger partial charge in [0.05, 0.1) is 5.56 Å². The van der Waals surface area contributed by atoms with Crippen LogP contribution in [-0.4, -0.2) is 42.5 Å². The van der Waals surface area contributed by atoms with E-state index in [0.29, 0.717) is 17.0 Å². The quantitative estimate of drug-likeness (QED) is 0.842. The van der Waals surface area contributed by atoms with Gasteiger partial charge in [-0.25, -0.2) is 4.98 Å². The van der Waals surface area contributed by atoms with Crippen molar-refractivity contribution in [1.82, 2.24) is 9.88 Å². The normalized spacial score (nSPS) is 29.5. The number of anilines is 1. The lowest BCUT2D eigenvalue weighted by molar-refractivity contribution is 0.0708. The van der Waals surface area contributed by atoms with Crippen molar-refractivity contribution in [1.29, 1.82) is 0 Å². The highest BCUT2D eigenvalue weighted by molar-refractivity contribution is 5.94. The SMILES string of the molecule is CN(C)c1ccc(C(=O)N2CC3(C)CC2CC(C)(C)C3)cn1. The first-order valence-electron chi connectivity index (χ1n) is 8.14. The van der Waals surface area contributed by atoms with Gasteiger partial charge in [0.25, 0.3) is 5.91 Å². The number of hydrogen-bond donors (Lipinski definition) is 0. The van der Waals surface area contributed by atoms with Crippen molar-refractivity contribution in [3.05, 3.63) is 23.9 Å². The fourth-order valence-corrected chi connectivity index (χ4v) is 4.64. The van der Waals surface area contributed by atoms with E-state index in [9.17, 15) is 4.79 Å². The lowest BCUT2D eigenvalue weighted by Crippen LogP contribution is -2.37. The third-order valence-corrected chi connectivity index (χ3v) is 5.13. The van der Waals surface area contributed by atoms with E-state index in [0.717, 1.165) is 25.2 Å². The summed E-state index contributed by atoms with van der Waals surface area (Å²) in [5, 5.41) is 0. The molecule has 4 nitrogen and oxygen atoms in total. The molecule has 1 aliphatic carbocycles. The van der Waals surface area contributed by atoms with Gasteiger partial charge >= 0.3 is 0 Å². The summed E-state index contributed by atoms with van der Waals surface area (Å²) in [6, 6.07) is 4.20. The summed E-state index contributed by atoms with van der Waals surface area (Å²) in [6.07, 6.45) is 5.18. The van der Waals surface area contributed by atoms with Gasteiger partial charge in [-0.2, -0.15) is 0 Å². The van der Waals surface area contributed by atoms with Crippen LogP contribution in [0.4, 0.5) is 5.82 Å². The van der Waals surface area contributed by atoms with Gasteiger partial charge in [-0.1, -0.05) is 20.8 Å². The molecular formula is C18H27N3O. The standard InChI is InChI=1S/C18H27N3O/c1-17(2)8-14-9-18(3,11-17)12-21(14)16(22)13-6-7-15(19-10-13)20(4)5/h6-7,10,14H,8-9,11-12H2,1-5H3. The van der Waals surface area contributed by atoms with Crippen LogP contribution < -0.4 is 4.90 Å². The molecule has 120 valence electrons. The Morgan fingerprint density at radius 2 is 2.00 bits per heavy atom. The first-order valence-corrected chi connectivity index (χ1v) is 8.14. The van der Waals surface area contributed by atoms with Crippen LogP contribution in [0.2, 0.25) is 0 Å². The number of likely N-dealkylation sites (tertiary alicyclic amines) is 1. The summed E-state index contributed by atoms with van der Waals surface area (Å²) in [5.41, 5.74) is 1.32. The molecule has 1 saturated heterocycles. The molecule has 1 aliphatic heterocycles. The van der Waals surface area contributed by atoms with Crippen LogP contribution in [0, 0.1) is 10.8 Å². The van der Waals surface area contributed by atoms with E-state index in [2.05, 4.69) is 30.7 Å². The third-order valence-electron chi connectivity index (χ3n) is 5.13. The monoisotopic (exact) mass is 301 g/mol. The molecule has 3 rings (SSSR count). The fourth-order valence-electron chi connectivity index (χ4n) is 4.64. The molecule has 0 aromatic carbocycles. The smallest absolute Gasteiger partial charge is 0.255 e. The molecule has 0 spiro atoms. The lowest BCUT2D eigenvalue weighted by atomic mass is 9.65. The molecule has 0 N–H and O–H groups in total. The molecular weight excluding hydrogens is 274 g/mol. The van der Waals surface area contributed by atoms with Crippen molar-refractivity contribution in [3.63, 3.8) is 0 Å². The molecule has 22 heavy (non-hydrogen) atoms. The van der Waals surface area contributed by atoms with Crippen LogP contribution in [0.25, 0.3) is 0 Å². The summed E-state index contributed by atoms with van der Waals surface area (Å²) >= 11 is 0. The minimum absolute atomic E-state index is 0.143. The number of carbonyl (C=O) groups is 1. The van der Waals surface area contributed by atoms with Crippen molar-refractivity contribution < 1.29 is 4.79 Å². The van der Waals surface area contributed by atoms with Crippen molar-refractivity contribution in [2.75, 3.05) is 25.5 Å². The van der Waals surface area contributed by atoms with Gasteiger partial charge in [-0.15, -0.1) is 0 Å². The largest absolute Gasteiger partial charge is 0.363 e. The molecule has 2 atom stereocenters. The highest BCUT2D eigenvalue weighted by atomic mass is 16.2. The summed E-state index contributed by atoms with van der Waals surface area (Å²) in [6.45, 7) is 7.88. The Kier molecular flexibility index (Phi) is 3.46. The molecule has 2 fully saturated rings. The predicted molar refractivity (Wildman–Crippen MR) is 89.1 cm³/mol. The lowest BCUT2D eigenvalue weighted by Gasteiger charge is -2.39. The van der Waals surface area contributed by atoms with Crippen molar-refractivity contribution in [2.24, 2.45) is 10.8 Å². The first kappa shape index (κ1) is 15.3. The summed E-state index contributed by atoms with van der Waals surface area (Å²) < 4.78 is 0. The molecule has 1 saturated carbocycles. The number of aromatic nitrogens is 1. The Morgan fingerprint density at radius 1 is 1.27 bits per heavy atom. The summed E-state index contributed by atoms with van der Waals surface area (Å²) in [4.78, 5) is 21.3. The Morgan fingerprint density at radius 3 is 2.59 bits per heavy atom. The van der Waals surface area contributed by atoms with Crippen LogP contribution >= 0.6 is 0 Å². The zero-order chi connectivity index (χ0) is 16.1. The number of fused-ring (bicyclic) bond motifs is 2. The van der Waals surface area contributed by atoms with Crippen LogP contribution in [0.1, 0.15) is 50.4 Å². The second kappa shape index (κ2) is 4.97. The Labute approximate surface area is 133 Å². The Bertz CT molecular complexity index is 578. The Hall–Kier alpha value is -1.58. The van der Waals surface area contributed by atoms with E-state index in [-0.39, 0.29) is 11.3 Å². The molecule has 0 radical (unpaired) electrons. The van der Waals surface area contributed by atoms with Gasteiger partial charge in [0.1, 0.15) is 5.82 Å². The first-order chi connectivity index (χ1) is 10.2. The minimum atomic E-state index is 0.143. The maximum atomic E-state index is 12.9. The number of nitrogens with zero attached hydrogens (tertiary/aromatic N) is 3. The molecule has 1 amide bonds. The van der Waals surface area contributed by atoms with Crippen molar-refractivity contribution in [3.8, 4) is 0 Å². The second-order valence-corrected chi connectivity index (χ2v) is 8.45. The number of pyridine rings is 1. The molecule has 1 aromatic heterocycles. The van der Waals surface area contributed by atoms with Gasteiger partial charge in [-0.3, -0.25) is 4.79 Å². The van der Waals surface area contributed by atoms with Crippen LogP contribution in [0.5, 0.6) is 0 Å². The third kappa shape index (κ3) is 2.71. The number of carbonyl (C=O) groups excluding carboxylic acids is 1. The summed E-state index contributed by atoms with van der Waals surface area (Å²) in [5.74, 6) is 1.02. The average molecular weight is 301 g/mol. The maximum absolute atomic E-state index is 12.9. The van der Waals surface area contributed by atoms with Gasteiger partial charge < -0.3 is 9.80 Å². The van der Waals surface area contributed by atoms with Gasteiger partial charge in [0.15, 0.2) is 0 Å². The fraction of sp³-hybridized carbons (Fsp3) is 0.667. The minimum Gasteiger partial charge on any atom is -0.363 e. The number of amides is 1.